The maximum atomic E-state index is 13.0. The Morgan fingerprint density at radius 1 is 1.04 bits per heavy atom. The molecule has 2 heterocycles. The third kappa shape index (κ3) is 4.77. The van der Waals surface area contributed by atoms with Crippen LogP contribution >= 0.6 is 0 Å². The van der Waals surface area contributed by atoms with E-state index in [1.165, 1.54) is 9.80 Å². The Morgan fingerprint density at radius 3 is 2.14 bits per heavy atom. The second-order valence-corrected chi connectivity index (χ2v) is 7.17. The summed E-state index contributed by atoms with van der Waals surface area (Å²) < 4.78 is 0. The van der Waals surface area contributed by atoms with Crippen LogP contribution in [-0.2, 0) is 24.0 Å². The van der Waals surface area contributed by atoms with E-state index in [-0.39, 0.29) is 11.8 Å². The van der Waals surface area contributed by atoms with E-state index in [2.05, 4.69) is 5.32 Å². The number of aliphatic carboxylic acids is 2. The molecule has 0 aromatic heterocycles. The molecule has 0 saturated carbocycles. The lowest BCUT2D eigenvalue weighted by Crippen LogP contribution is -2.56. The zero-order chi connectivity index (χ0) is 21.0. The molecule has 0 spiro atoms. The molecule has 0 aromatic rings. The molecule has 2 aliphatic rings. The zero-order valence-electron chi connectivity index (χ0n) is 15.7. The second-order valence-electron chi connectivity index (χ2n) is 7.17. The van der Waals surface area contributed by atoms with E-state index < -0.39 is 48.4 Å². The summed E-state index contributed by atoms with van der Waals surface area (Å²) >= 11 is 0. The van der Waals surface area contributed by atoms with Gasteiger partial charge in [-0.25, -0.2) is 4.79 Å². The Morgan fingerprint density at radius 2 is 1.61 bits per heavy atom. The fraction of sp³-hybridized carbons (Fsp3) is 0.706. The Kier molecular flexibility index (Phi) is 6.95. The molecular formula is C17H26N4O7. The number of rotatable bonds is 7. The van der Waals surface area contributed by atoms with Crippen molar-refractivity contribution in [2.24, 2.45) is 5.73 Å². The van der Waals surface area contributed by atoms with E-state index >= 15 is 0 Å². The SMILES string of the molecule is CC(N)C(=O)N1CCCC1C(=O)N1CCCC1C(=O)NC(CC(=O)O)C(=O)O. The predicted molar refractivity (Wildman–Crippen MR) is 94.9 cm³/mol. The largest absolute Gasteiger partial charge is 0.481 e. The van der Waals surface area contributed by atoms with Gasteiger partial charge in [0.25, 0.3) is 0 Å². The van der Waals surface area contributed by atoms with E-state index in [1.807, 2.05) is 0 Å². The molecule has 2 fully saturated rings. The van der Waals surface area contributed by atoms with Crippen LogP contribution in [0.25, 0.3) is 0 Å². The van der Waals surface area contributed by atoms with Gasteiger partial charge in [-0.1, -0.05) is 0 Å². The van der Waals surface area contributed by atoms with Crippen LogP contribution in [0.1, 0.15) is 39.0 Å². The van der Waals surface area contributed by atoms with Crippen molar-refractivity contribution in [3.8, 4) is 0 Å². The van der Waals surface area contributed by atoms with Crippen molar-refractivity contribution in [3.05, 3.63) is 0 Å². The van der Waals surface area contributed by atoms with Gasteiger partial charge in [-0.2, -0.15) is 0 Å². The zero-order valence-corrected chi connectivity index (χ0v) is 15.7. The molecule has 4 unspecified atom stereocenters. The van der Waals surface area contributed by atoms with Crippen molar-refractivity contribution in [2.45, 2.75) is 63.2 Å². The van der Waals surface area contributed by atoms with Gasteiger partial charge in [-0.3, -0.25) is 19.2 Å². The number of nitrogens with two attached hydrogens (primary N) is 1. The topological polar surface area (TPSA) is 170 Å². The van der Waals surface area contributed by atoms with Gasteiger partial charge in [-0.05, 0) is 32.6 Å². The summed E-state index contributed by atoms with van der Waals surface area (Å²) in [6, 6.07) is -3.90. The number of hydrogen-bond donors (Lipinski definition) is 4. The van der Waals surface area contributed by atoms with E-state index in [0.29, 0.717) is 38.8 Å². The normalized spacial score (nSPS) is 23.9. The molecule has 5 N–H and O–H groups in total. The Labute approximate surface area is 161 Å². The quantitative estimate of drug-likeness (QED) is 0.395. The number of carboxylic acid groups (broad SMARTS) is 2. The van der Waals surface area contributed by atoms with E-state index in [1.54, 1.807) is 6.92 Å². The summed E-state index contributed by atoms with van der Waals surface area (Å²) in [6.45, 7) is 2.27. The van der Waals surface area contributed by atoms with Crippen molar-refractivity contribution in [1.29, 1.82) is 0 Å². The third-order valence-corrected chi connectivity index (χ3v) is 5.04. The van der Waals surface area contributed by atoms with Crippen molar-refractivity contribution in [3.63, 3.8) is 0 Å². The minimum Gasteiger partial charge on any atom is -0.481 e. The number of nitrogens with one attached hydrogen (secondary N) is 1. The van der Waals surface area contributed by atoms with Crippen molar-refractivity contribution in [2.75, 3.05) is 13.1 Å². The molecule has 2 aliphatic heterocycles. The van der Waals surface area contributed by atoms with Gasteiger partial charge >= 0.3 is 11.9 Å². The number of carbonyl (C=O) groups is 5. The molecule has 3 amide bonds. The molecule has 2 rings (SSSR count). The number of amides is 3. The minimum absolute atomic E-state index is 0.310. The molecule has 0 aromatic carbocycles. The smallest absolute Gasteiger partial charge is 0.326 e. The van der Waals surface area contributed by atoms with Crippen molar-refractivity contribution in [1.82, 2.24) is 15.1 Å². The van der Waals surface area contributed by atoms with Gasteiger partial charge < -0.3 is 31.1 Å². The van der Waals surface area contributed by atoms with Crippen LogP contribution in [0, 0.1) is 0 Å². The van der Waals surface area contributed by atoms with Gasteiger partial charge in [0.2, 0.25) is 17.7 Å². The minimum atomic E-state index is -1.58. The highest BCUT2D eigenvalue weighted by molar-refractivity contribution is 5.95. The first-order valence-corrected chi connectivity index (χ1v) is 9.25. The summed E-state index contributed by atoms with van der Waals surface area (Å²) in [5.74, 6) is -4.22. The second kappa shape index (κ2) is 9.00. The average molecular weight is 398 g/mol. The molecule has 28 heavy (non-hydrogen) atoms. The number of nitrogens with zero attached hydrogens (tertiary/aromatic N) is 2. The first kappa shape index (κ1) is 21.6. The lowest BCUT2D eigenvalue weighted by molar-refractivity contribution is -0.149. The van der Waals surface area contributed by atoms with Crippen LogP contribution in [0.3, 0.4) is 0 Å². The molecule has 0 bridgehead atoms. The summed E-state index contributed by atoms with van der Waals surface area (Å²) in [6.07, 6.45) is 1.25. The summed E-state index contributed by atoms with van der Waals surface area (Å²) in [7, 11) is 0. The van der Waals surface area contributed by atoms with Crippen LogP contribution in [0.2, 0.25) is 0 Å². The maximum Gasteiger partial charge on any atom is 0.326 e. The number of carboxylic acids is 2. The fourth-order valence-electron chi connectivity index (χ4n) is 3.69. The average Bonchev–Trinajstić information content (AvgIpc) is 3.28. The molecule has 4 atom stereocenters. The molecule has 0 radical (unpaired) electrons. The number of carbonyl (C=O) groups excluding carboxylic acids is 3. The molecule has 11 nitrogen and oxygen atoms in total. The lowest BCUT2D eigenvalue weighted by Gasteiger charge is -2.32. The third-order valence-electron chi connectivity index (χ3n) is 5.04. The summed E-state index contributed by atoms with van der Waals surface area (Å²) in [5.41, 5.74) is 5.65. The van der Waals surface area contributed by atoms with Crippen LogP contribution in [0.5, 0.6) is 0 Å². The lowest BCUT2D eigenvalue weighted by atomic mass is 10.1. The van der Waals surface area contributed by atoms with Gasteiger partial charge in [0.15, 0.2) is 0 Å². The molecule has 156 valence electrons. The van der Waals surface area contributed by atoms with Gasteiger partial charge in [0, 0.05) is 13.1 Å². The van der Waals surface area contributed by atoms with Gasteiger partial charge in [0.1, 0.15) is 18.1 Å². The Bertz CT molecular complexity index is 666. The first-order valence-electron chi connectivity index (χ1n) is 9.25. The maximum absolute atomic E-state index is 13.0. The van der Waals surface area contributed by atoms with Crippen LogP contribution in [-0.4, -0.2) is 86.9 Å². The summed E-state index contributed by atoms with van der Waals surface area (Å²) in [4.78, 5) is 62.5. The molecule has 0 aliphatic carbocycles. The van der Waals surface area contributed by atoms with E-state index in [9.17, 15) is 24.0 Å². The van der Waals surface area contributed by atoms with Crippen LogP contribution in [0.4, 0.5) is 0 Å². The van der Waals surface area contributed by atoms with E-state index in [0.717, 1.165) is 0 Å². The number of likely N-dealkylation sites (tertiary alicyclic amines) is 2. The van der Waals surface area contributed by atoms with Crippen molar-refractivity contribution >= 4 is 29.7 Å². The van der Waals surface area contributed by atoms with Crippen LogP contribution in [0.15, 0.2) is 0 Å². The predicted octanol–water partition coefficient (Wildman–Crippen LogP) is -1.64. The monoisotopic (exact) mass is 398 g/mol. The number of hydrogen-bond acceptors (Lipinski definition) is 6. The fourth-order valence-corrected chi connectivity index (χ4v) is 3.69. The van der Waals surface area contributed by atoms with Crippen LogP contribution < -0.4 is 11.1 Å². The van der Waals surface area contributed by atoms with E-state index in [4.69, 9.17) is 15.9 Å². The first-order chi connectivity index (χ1) is 13.1. The van der Waals surface area contributed by atoms with Crippen molar-refractivity contribution < 1.29 is 34.2 Å². The molecule has 11 heteroatoms. The van der Waals surface area contributed by atoms with Gasteiger partial charge in [-0.15, -0.1) is 0 Å². The van der Waals surface area contributed by atoms with Gasteiger partial charge in [0.05, 0.1) is 12.5 Å². The Hall–Kier alpha value is -2.69. The molecular weight excluding hydrogens is 372 g/mol. The molecule has 2 saturated heterocycles. The summed E-state index contributed by atoms with van der Waals surface area (Å²) in [5, 5.41) is 20.1. The highest BCUT2D eigenvalue weighted by atomic mass is 16.4. The highest BCUT2D eigenvalue weighted by Gasteiger charge is 2.43. The standard InChI is InChI=1S/C17H26N4O7/c1-9(18)15(25)21-7-3-5-12(21)16(26)20-6-2-4-11(20)14(24)19-10(17(27)28)8-13(22)23/h9-12H,2-8,18H2,1H3,(H,19,24)(H,22,23)(H,27,28). The highest BCUT2D eigenvalue weighted by Crippen LogP contribution is 2.25. The Balaban J connectivity index is 2.09.